The van der Waals surface area contributed by atoms with Gasteiger partial charge in [-0.15, -0.1) is 0 Å². The molecule has 0 aliphatic rings. The van der Waals surface area contributed by atoms with E-state index in [1.165, 1.54) is 0 Å². The van der Waals surface area contributed by atoms with Gasteiger partial charge in [0.05, 0.1) is 6.61 Å². The van der Waals surface area contributed by atoms with Gasteiger partial charge in [-0.2, -0.15) is 0 Å². The van der Waals surface area contributed by atoms with Crippen molar-refractivity contribution in [1.29, 1.82) is 0 Å². The van der Waals surface area contributed by atoms with Crippen molar-refractivity contribution in [1.82, 2.24) is 0 Å². The van der Waals surface area contributed by atoms with E-state index in [4.69, 9.17) is 26.8 Å². The van der Waals surface area contributed by atoms with E-state index in [0.29, 0.717) is 13.2 Å². The van der Waals surface area contributed by atoms with Crippen LogP contribution in [0.2, 0.25) is 5.02 Å². The molecule has 0 atom stereocenters. The van der Waals surface area contributed by atoms with E-state index in [-0.39, 0.29) is 0 Å². The summed E-state index contributed by atoms with van der Waals surface area (Å²) in [7, 11) is 1.71. The molecule has 0 fully saturated rings. The maximum Gasteiger partial charge on any atom is 0.122 e. The molecular weight excluding hydrogens is 238 g/mol. The molecule has 0 bridgehead atoms. The number of benzene rings is 1. The van der Waals surface area contributed by atoms with Crippen molar-refractivity contribution in [2.75, 3.05) is 26.9 Å². The van der Waals surface area contributed by atoms with Crippen LogP contribution in [0.3, 0.4) is 0 Å². The maximum absolute atomic E-state index is 5.94. The second-order valence-corrected chi connectivity index (χ2v) is 4.28. The van der Waals surface area contributed by atoms with Crippen LogP contribution < -0.4 is 10.5 Å². The Labute approximate surface area is 108 Å². The summed E-state index contributed by atoms with van der Waals surface area (Å²) < 4.78 is 10.7. The summed E-state index contributed by atoms with van der Waals surface area (Å²) in [6, 6.07) is 5.66. The smallest absolute Gasteiger partial charge is 0.122 e. The number of methoxy groups -OCH3 is 1. The molecule has 0 heterocycles. The van der Waals surface area contributed by atoms with Crippen LogP contribution in [0, 0.1) is 0 Å². The Kier molecular flexibility index (Phi) is 7.01. The number of hydrogen-bond acceptors (Lipinski definition) is 3. The molecule has 1 rings (SSSR count). The molecule has 3 nitrogen and oxygen atoms in total. The molecule has 0 saturated heterocycles. The second kappa shape index (κ2) is 8.34. The normalized spacial score (nSPS) is 10.5. The number of ether oxygens (including phenoxy) is 2. The third-order valence-electron chi connectivity index (χ3n) is 2.44. The van der Waals surface area contributed by atoms with Gasteiger partial charge in [-0.05, 0) is 49.6 Å². The highest BCUT2D eigenvalue weighted by molar-refractivity contribution is 6.30. The van der Waals surface area contributed by atoms with Gasteiger partial charge in [0.2, 0.25) is 0 Å². The molecule has 0 aliphatic carbocycles. The van der Waals surface area contributed by atoms with Crippen molar-refractivity contribution in [2.45, 2.75) is 19.3 Å². The maximum atomic E-state index is 5.94. The van der Waals surface area contributed by atoms with E-state index >= 15 is 0 Å². The predicted molar refractivity (Wildman–Crippen MR) is 70.8 cm³/mol. The number of halogens is 1. The molecule has 0 saturated carbocycles. The lowest BCUT2D eigenvalue weighted by Gasteiger charge is -2.11. The molecule has 0 aliphatic heterocycles. The molecule has 17 heavy (non-hydrogen) atoms. The lowest BCUT2D eigenvalue weighted by atomic mass is 10.1. The first-order chi connectivity index (χ1) is 8.27. The Morgan fingerprint density at radius 3 is 2.71 bits per heavy atom. The van der Waals surface area contributed by atoms with Crippen molar-refractivity contribution >= 4 is 11.6 Å². The summed E-state index contributed by atoms with van der Waals surface area (Å²) >= 11 is 5.94. The Morgan fingerprint density at radius 2 is 2.00 bits per heavy atom. The van der Waals surface area contributed by atoms with Crippen LogP contribution in [0.5, 0.6) is 5.75 Å². The fourth-order valence-electron chi connectivity index (χ4n) is 1.57. The van der Waals surface area contributed by atoms with Gasteiger partial charge in [-0.3, -0.25) is 0 Å². The summed E-state index contributed by atoms with van der Waals surface area (Å²) in [4.78, 5) is 0. The molecule has 0 spiro atoms. The van der Waals surface area contributed by atoms with Crippen LogP contribution in [-0.2, 0) is 11.2 Å². The van der Waals surface area contributed by atoms with Crippen molar-refractivity contribution in [3.8, 4) is 5.75 Å². The minimum atomic E-state index is 0.598. The Hall–Kier alpha value is -0.770. The third kappa shape index (κ3) is 5.39. The van der Waals surface area contributed by atoms with E-state index in [1.807, 2.05) is 18.2 Å². The predicted octanol–water partition coefficient (Wildman–Crippen LogP) is 2.65. The Bertz CT molecular complexity index is 331. The first kappa shape index (κ1) is 14.3. The summed E-state index contributed by atoms with van der Waals surface area (Å²) in [5.41, 5.74) is 6.63. The third-order valence-corrected chi connectivity index (χ3v) is 2.67. The molecule has 0 radical (unpaired) electrons. The molecule has 0 unspecified atom stereocenters. The monoisotopic (exact) mass is 257 g/mol. The number of hydrogen-bond donors (Lipinski definition) is 1. The quantitative estimate of drug-likeness (QED) is 0.728. The van der Waals surface area contributed by atoms with Crippen molar-refractivity contribution < 1.29 is 9.47 Å². The second-order valence-electron chi connectivity index (χ2n) is 3.84. The molecular formula is C13H20ClNO2. The lowest BCUT2D eigenvalue weighted by Crippen LogP contribution is -2.06. The number of nitrogens with two attached hydrogens (primary N) is 1. The van der Waals surface area contributed by atoms with Crippen LogP contribution in [0.4, 0.5) is 0 Å². The molecule has 0 aromatic heterocycles. The van der Waals surface area contributed by atoms with Gasteiger partial charge in [-0.25, -0.2) is 0 Å². The first-order valence-corrected chi connectivity index (χ1v) is 6.26. The first-order valence-electron chi connectivity index (χ1n) is 5.88. The molecule has 96 valence electrons. The van der Waals surface area contributed by atoms with Gasteiger partial charge >= 0.3 is 0 Å². The van der Waals surface area contributed by atoms with Crippen molar-refractivity contribution in [3.05, 3.63) is 28.8 Å². The number of unbranched alkanes of at least 4 members (excludes halogenated alkanes) is 1. The van der Waals surface area contributed by atoms with Crippen LogP contribution in [0.25, 0.3) is 0 Å². The van der Waals surface area contributed by atoms with Gasteiger partial charge in [0.15, 0.2) is 0 Å². The molecule has 1 aromatic carbocycles. The molecule has 4 heteroatoms. The number of rotatable bonds is 8. The highest BCUT2D eigenvalue weighted by Gasteiger charge is 2.04. The van der Waals surface area contributed by atoms with Crippen LogP contribution in [0.1, 0.15) is 18.4 Å². The van der Waals surface area contributed by atoms with E-state index in [2.05, 4.69) is 0 Å². The summed E-state index contributed by atoms with van der Waals surface area (Å²) in [5, 5.41) is 0.722. The van der Waals surface area contributed by atoms with Crippen LogP contribution in [0.15, 0.2) is 18.2 Å². The highest BCUT2D eigenvalue weighted by atomic mass is 35.5. The Balaban J connectivity index is 2.45. The Morgan fingerprint density at radius 1 is 1.24 bits per heavy atom. The average Bonchev–Trinajstić information content (AvgIpc) is 2.32. The fraction of sp³-hybridized carbons (Fsp3) is 0.538. The van der Waals surface area contributed by atoms with Gasteiger partial charge in [0, 0.05) is 18.7 Å². The lowest BCUT2D eigenvalue weighted by molar-refractivity contribution is 0.184. The minimum absolute atomic E-state index is 0.598. The zero-order valence-electron chi connectivity index (χ0n) is 10.2. The van der Waals surface area contributed by atoms with Crippen LogP contribution >= 0.6 is 11.6 Å². The van der Waals surface area contributed by atoms with Gasteiger partial charge in [0.25, 0.3) is 0 Å². The summed E-state index contributed by atoms with van der Waals surface area (Å²) in [6.45, 7) is 2.07. The highest BCUT2D eigenvalue weighted by Crippen LogP contribution is 2.23. The molecule has 2 N–H and O–H groups in total. The van der Waals surface area contributed by atoms with Crippen molar-refractivity contribution in [3.63, 3.8) is 0 Å². The van der Waals surface area contributed by atoms with Gasteiger partial charge in [-0.1, -0.05) is 11.6 Å². The SMILES string of the molecule is COCCCCOc1ccc(Cl)cc1CCN. The van der Waals surface area contributed by atoms with Crippen LogP contribution in [-0.4, -0.2) is 26.9 Å². The van der Waals surface area contributed by atoms with Gasteiger partial charge in [0.1, 0.15) is 5.75 Å². The summed E-state index contributed by atoms with van der Waals surface area (Å²) in [6.07, 6.45) is 2.78. The largest absolute Gasteiger partial charge is 0.493 e. The minimum Gasteiger partial charge on any atom is -0.493 e. The van der Waals surface area contributed by atoms with Crippen molar-refractivity contribution in [2.24, 2.45) is 5.73 Å². The molecule has 1 aromatic rings. The topological polar surface area (TPSA) is 44.5 Å². The summed E-state index contributed by atoms with van der Waals surface area (Å²) in [5.74, 6) is 0.886. The standard InChI is InChI=1S/C13H20ClNO2/c1-16-8-2-3-9-17-13-5-4-12(14)10-11(13)6-7-15/h4-5,10H,2-3,6-9,15H2,1H3. The van der Waals surface area contributed by atoms with E-state index in [1.54, 1.807) is 7.11 Å². The molecule has 0 amide bonds. The van der Waals surface area contributed by atoms with E-state index in [0.717, 1.165) is 42.2 Å². The zero-order valence-corrected chi connectivity index (χ0v) is 11.0. The van der Waals surface area contributed by atoms with E-state index < -0.39 is 0 Å². The van der Waals surface area contributed by atoms with E-state index in [9.17, 15) is 0 Å². The zero-order chi connectivity index (χ0) is 12.5. The van der Waals surface area contributed by atoms with Gasteiger partial charge < -0.3 is 15.2 Å². The fourth-order valence-corrected chi connectivity index (χ4v) is 1.76. The average molecular weight is 258 g/mol.